The first-order valence-corrected chi connectivity index (χ1v) is 10.4. The van der Waals surface area contributed by atoms with E-state index in [2.05, 4.69) is 41.1 Å². The van der Waals surface area contributed by atoms with E-state index in [0.717, 1.165) is 57.5 Å². The SMILES string of the molecule is CC(C)(CN[C@@H]1CCCN(Cc2ccc(Cl)cc2)C1)CN1CCOCC1. The lowest BCUT2D eigenvalue weighted by Gasteiger charge is -2.38. The number of morpholine rings is 1. The number of hydrogen-bond acceptors (Lipinski definition) is 4. The van der Waals surface area contributed by atoms with Crippen LogP contribution in [0.5, 0.6) is 0 Å². The van der Waals surface area contributed by atoms with Crippen LogP contribution in [0, 0.1) is 5.41 Å². The summed E-state index contributed by atoms with van der Waals surface area (Å²) in [7, 11) is 0. The zero-order chi connectivity index (χ0) is 18.4. The molecule has 0 unspecified atom stereocenters. The number of halogens is 1. The molecule has 1 N–H and O–H groups in total. The second-order valence-electron chi connectivity index (χ2n) is 8.63. The number of benzene rings is 1. The molecule has 0 amide bonds. The van der Waals surface area contributed by atoms with Crippen LogP contribution in [0.2, 0.25) is 5.02 Å². The van der Waals surface area contributed by atoms with Gasteiger partial charge in [-0.2, -0.15) is 0 Å². The lowest BCUT2D eigenvalue weighted by atomic mass is 9.91. The molecule has 1 atom stereocenters. The van der Waals surface area contributed by atoms with E-state index in [1.165, 1.54) is 24.9 Å². The number of piperidine rings is 1. The van der Waals surface area contributed by atoms with Crippen LogP contribution in [-0.2, 0) is 11.3 Å². The normalized spacial score (nSPS) is 23.3. The Labute approximate surface area is 163 Å². The van der Waals surface area contributed by atoms with Crippen molar-refractivity contribution >= 4 is 11.6 Å². The van der Waals surface area contributed by atoms with Crippen LogP contribution in [-0.4, -0.2) is 68.3 Å². The van der Waals surface area contributed by atoms with E-state index in [9.17, 15) is 0 Å². The Morgan fingerprint density at radius 2 is 1.85 bits per heavy atom. The minimum atomic E-state index is 0.287. The van der Waals surface area contributed by atoms with Crippen LogP contribution >= 0.6 is 11.6 Å². The highest BCUT2D eigenvalue weighted by atomic mass is 35.5. The number of nitrogens with one attached hydrogen (secondary N) is 1. The van der Waals surface area contributed by atoms with Crippen molar-refractivity contribution in [1.29, 1.82) is 0 Å². The highest BCUT2D eigenvalue weighted by Crippen LogP contribution is 2.20. The molecule has 0 bridgehead atoms. The molecule has 3 rings (SSSR count). The zero-order valence-electron chi connectivity index (χ0n) is 16.3. The molecule has 2 fully saturated rings. The Bertz CT molecular complexity index is 543. The lowest BCUT2D eigenvalue weighted by molar-refractivity contribution is 0.0204. The average molecular weight is 380 g/mol. The van der Waals surface area contributed by atoms with E-state index < -0.39 is 0 Å². The summed E-state index contributed by atoms with van der Waals surface area (Å²) in [5, 5.41) is 4.67. The Morgan fingerprint density at radius 3 is 2.58 bits per heavy atom. The van der Waals surface area contributed by atoms with Crippen molar-refractivity contribution in [3.8, 4) is 0 Å². The molecule has 0 saturated carbocycles. The molecule has 1 aromatic carbocycles. The molecule has 2 heterocycles. The topological polar surface area (TPSA) is 27.7 Å². The maximum Gasteiger partial charge on any atom is 0.0594 e. The number of nitrogens with zero attached hydrogens (tertiary/aromatic N) is 2. The molecule has 1 aromatic rings. The molecule has 0 aromatic heterocycles. The second kappa shape index (κ2) is 9.52. The number of ether oxygens (including phenoxy) is 1. The summed E-state index contributed by atoms with van der Waals surface area (Å²) >= 11 is 6.00. The molecule has 26 heavy (non-hydrogen) atoms. The molecule has 0 spiro atoms. The van der Waals surface area contributed by atoms with E-state index in [1.807, 2.05) is 12.1 Å². The minimum Gasteiger partial charge on any atom is -0.379 e. The first-order chi connectivity index (χ1) is 12.5. The first kappa shape index (κ1) is 20.1. The Kier molecular flexibility index (Phi) is 7.35. The van der Waals surface area contributed by atoms with Crippen LogP contribution in [0.25, 0.3) is 0 Å². The van der Waals surface area contributed by atoms with Crippen molar-refractivity contribution in [3.63, 3.8) is 0 Å². The summed E-state index contributed by atoms with van der Waals surface area (Å²) in [6, 6.07) is 8.87. The van der Waals surface area contributed by atoms with Gasteiger partial charge in [-0.15, -0.1) is 0 Å². The van der Waals surface area contributed by atoms with Crippen LogP contribution < -0.4 is 5.32 Å². The van der Waals surface area contributed by atoms with Crippen molar-refractivity contribution < 1.29 is 4.74 Å². The summed E-state index contributed by atoms with van der Waals surface area (Å²) in [5.74, 6) is 0. The molecular weight excluding hydrogens is 346 g/mol. The van der Waals surface area contributed by atoms with E-state index in [0.29, 0.717) is 6.04 Å². The van der Waals surface area contributed by atoms with E-state index in [-0.39, 0.29) is 5.41 Å². The molecule has 5 heteroatoms. The lowest BCUT2D eigenvalue weighted by Crippen LogP contribution is -2.50. The van der Waals surface area contributed by atoms with Gasteiger partial charge in [-0.3, -0.25) is 9.80 Å². The standard InChI is InChI=1S/C21H34ClN3O/c1-21(2,17-24-10-12-26-13-11-24)16-23-20-4-3-9-25(15-20)14-18-5-7-19(22)8-6-18/h5-8,20,23H,3-4,9-17H2,1-2H3/t20-/m1/s1. The van der Waals surface area contributed by atoms with Gasteiger partial charge < -0.3 is 10.1 Å². The molecular formula is C21H34ClN3O. The molecule has 4 nitrogen and oxygen atoms in total. The Morgan fingerprint density at radius 1 is 1.12 bits per heavy atom. The largest absolute Gasteiger partial charge is 0.379 e. The summed E-state index contributed by atoms with van der Waals surface area (Å²) in [4.78, 5) is 5.11. The fourth-order valence-corrected chi connectivity index (χ4v) is 4.18. The molecule has 2 aliphatic heterocycles. The minimum absolute atomic E-state index is 0.287. The summed E-state index contributed by atoms with van der Waals surface area (Å²) in [6.45, 7) is 14.2. The maximum absolute atomic E-state index is 6.00. The number of rotatable bonds is 7. The van der Waals surface area contributed by atoms with Gasteiger partial charge in [0, 0.05) is 50.3 Å². The molecule has 0 radical (unpaired) electrons. The average Bonchev–Trinajstić information content (AvgIpc) is 2.63. The summed E-state index contributed by atoms with van der Waals surface area (Å²) < 4.78 is 5.47. The van der Waals surface area contributed by atoms with Gasteiger partial charge in [0.05, 0.1) is 13.2 Å². The van der Waals surface area contributed by atoms with E-state index in [4.69, 9.17) is 16.3 Å². The Balaban J connectivity index is 1.43. The van der Waals surface area contributed by atoms with Gasteiger partial charge in [0.2, 0.25) is 0 Å². The van der Waals surface area contributed by atoms with Gasteiger partial charge in [0.25, 0.3) is 0 Å². The van der Waals surface area contributed by atoms with Gasteiger partial charge in [0.1, 0.15) is 0 Å². The smallest absolute Gasteiger partial charge is 0.0594 e. The third-order valence-electron chi connectivity index (χ3n) is 5.45. The highest BCUT2D eigenvalue weighted by Gasteiger charge is 2.26. The van der Waals surface area contributed by atoms with Gasteiger partial charge >= 0.3 is 0 Å². The van der Waals surface area contributed by atoms with Gasteiger partial charge in [-0.1, -0.05) is 37.6 Å². The zero-order valence-corrected chi connectivity index (χ0v) is 17.1. The quantitative estimate of drug-likeness (QED) is 0.787. The molecule has 2 saturated heterocycles. The Hall–Kier alpha value is -0.650. The van der Waals surface area contributed by atoms with Crippen molar-refractivity contribution in [2.24, 2.45) is 5.41 Å². The summed E-state index contributed by atoms with van der Waals surface area (Å²) in [6.07, 6.45) is 2.56. The van der Waals surface area contributed by atoms with E-state index in [1.54, 1.807) is 0 Å². The summed E-state index contributed by atoms with van der Waals surface area (Å²) in [5.41, 5.74) is 1.64. The van der Waals surface area contributed by atoms with Crippen LogP contribution in [0.15, 0.2) is 24.3 Å². The monoisotopic (exact) mass is 379 g/mol. The highest BCUT2D eigenvalue weighted by molar-refractivity contribution is 6.30. The van der Waals surface area contributed by atoms with Crippen molar-refractivity contribution in [2.45, 2.75) is 39.3 Å². The number of hydrogen-bond donors (Lipinski definition) is 1. The fourth-order valence-electron chi connectivity index (χ4n) is 4.05. The van der Waals surface area contributed by atoms with Gasteiger partial charge in [-0.25, -0.2) is 0 Å². The molecule has 146 valence electrons. The second-order valence-corrected chi connectivity index (χ2v) is 9.07. The van der Waals surface area contributed by atoms with Crippen LogP contribution in [0.4, 0.5) is 0 Å². The predicted molar refractivity (Wildman–Crippen MR) is 109 cm³/mol. The van der Waals surface area contributed by atoms with Crippen molar-refractivity contribution in [1.82, 2.24) is 15.1 Å². The maximum atomic E-state index is 6.00. The fraction of sp³-hybridized carbons (Fsp3) is 0.714. The first-order valence-electron chi connectivity index (χ1n) is 10.0. The van der Waals surface area contributed by atoms with Gasteiger partial charge in [0.15, 0.2) is 0 Å². The van der Waals surface area contributed by atoms with Gasteiger partial charge in [-0.05, 0) is 42.5 Å². The third kappa shape index (κ3) is 6.50. The predicted octanol–water partition coefficient (Wildman–Crippen LogP) is 3.25. The molecule has 0 aliphatic carbocycles. The molecule has 2 aliphatic rings. The van der Waals surface area contributed by atoms with Crippen LogP contribution in [0.3, 0.4) is 0 Å². The van der Waals surface area contributed by atoms with Crippen LogP contribution in [0.1, 0.15) is 32.3 Å². The van der Waals surface area contributed by atoms with Crippen molar-refractivity contribution in [3.05, 3.63) is 34.9 Å². The third-order valence-corrected chi connectivity index (χ3v) is 5.70. The van der Waals surface area contributed by atoms with E-state index >= 15 is 0 Å². The number of likely N-dealkylation sites (tertiary alicyclic amines) is 1. The van der Waals surface area contributed by atoms with Crippen molar-refractivity contribution in [2.75, 3.05) is 52.5 Å².